The lowest BCUT2D eigenvalue weighted by Crippen LogP contribution is -2.14. The minimum atomic E-state index is -0.836. The van der Waals surface area contributed by atoms with E-state index in [2.05, 4.69) is 45.9 Å². The number of rotatable bonds is 19. The Hall–Kier alpha value is -0.850. The van der Waals surface area contributed by atoms with Crippen LogP contribution in [0.25, 0.3) is 0 Å². The van der Waals surface area contributed by atoms with E-state index in [4.69, 9.17) is 9.47 Å². The molecule has 0 N–H and O–H groups in total. The predicted octanol–water partition coefficient (Wildman–Crippen LogP) is 8.75. The molecule has 1 aromatic rings. The van der Waals surface area contributed by atoms with Crippen LogP contribution in [0.3, 0.4) is 0 Å². The Kier molecular flexibility index (Phi) is 16.1. The van der Waals surface area contributed by atoms with Crippen molar-refractivity contribution in [2.75, 3.05) is 38.4 Å². The van der Waals surface area contributed by atoms with Gasteiger partial charge in [0.2, 0.25) is 0 Å². The maximum Gasteiger partial charge on any atom is 0.118 e. The summed E-state index contributed by atoms with van der Waals surface area (Å²) in [6.07, 6.45) is 20.4. The van der Waals surface area contributed by atoms with Gasteiger partial charge in [-0.25, -0.2) is 0 Å². The highest BCUT2D eigenvalue weighted by molar-refractivity contribution is 7.76. The number of hydrogen-bond donors (Lipinski definition) is 0. The summed E-state index contributed by atoms with van der Waals surface area (Å²) < 4.78 is 11.1. The second-order valence-electron chi connectivity index (χ2n) is 8.99. The third kappa shape index (κ3) is 12.1. The first-order valence-corrected chi connectivity index (χ1v) is 15.4. The number of ether oxygens (including phenoxy) is 2. The summed E-state index contributed by atoms with van der Waals surface area (Å²) >= 11 is 0. The van der Waals surface area contributed by atoms with E-state index >= 15 is 0 Å². The van der Waals surface area contributed by atoms with Gasteiger partial charge in [-0.2, -0.15) is 0 Å². The lowest BCUT2D eigenvalue weighted by molar-refractivity contribution is 0.119. The molecule has 3 heteroatoms. The molecule has 0 aliphatic carbocycles. The molecule has 0 atom stereocenters. The van der Waals surface area contributed by atoms with E-state index in [1.165, 1.54) is 75.2 Å². The van der Waals surface area contributed by atoms with Crippen LogP contribution in [0.5, 0.6) is 5.75 Å². The summed E-state index contributed by atoms with van der Waals surface area (Å²) in [6.45, 7) is 11.0. The van der Waals surface area contributed by atoms with Crippen LogP contribution >= 0.6 is 7.26 Å². The fraction of sp³-hybridized carbons (Fsp3) is 0.714. The molecule has 0 bridgehead atoms. The third-order valence-corrected chi connectivity index (χ3v) is 11.2. The second kappa shape index (κ2) is 17.7. The Bertz CT molecular complexity index is 557. The van der Waals surface area contributed by atoms with Crippen LogP contribution in [0.4, 0.5) is 0 Å². The fourth-order valence-corrected chi connectivity index (χ4v) is 9.53. The van der Waals surface area contributed by atoms with Gasteiger partial charge in [-0.3, -0.25) is 0 Å². The van der Waals surface area contributed by atoms with E-state index < -0.39 is 7.26 Å². The van der Waals surface area contributed by atoms with Crippen molar-refractivity contribution in [3.63, 3.8) is 0 Å². The molecule has 0 amide bonds. The van der Waals surface area contributed by atoms with Crippen molar-refractivity contribution in [3.05, 3.63) is 41.5 Å². The van der Waals surface area contributed by atoms with E-state index in [9.17, 15) is 0 Å². The number of hydrogen-bond acceptors (Lipinski definition) is 2. The lowest BCUT2D eigenvalue weighted by atomic mass is 10.2. The fourth-order valence-electron chi connectivity index (χ4n) is 4.21. The summed E-state index contributed by atoms with van der Waals surface area (Å²) in [7, 11) is 0.865. The van der Waals surface area contributed by atoms with Gasteiger partial charge >= 0.3 is 0 Å². The molecule has 2 nitrogen and oxygen atoms in total. The normalized spacial score (nSPS) is 12.4. The zero-order valence-electron chi connectivity index (χ0n) is 21.3. The quantitative estimate of drug-likeness (QED) is 0.119. The van der Waals surface area contributed by atoms with Gasteiger partial charge in [0, 0.05) is 13.9 Å². The average molecular weight is 450 g/mol. The topological polar surface area (TPSA) is 18.5 Å². The molecule has 0 aliphatic heterocycles. The van der Waals surface area contributed by atoms with Gasteiger partial charge in [0.05, 0.1) is 38.4 Å². The molecule has 0 saturated carbocycles. The second-order valence-corrected chi connectivity index (χ2v) is 13.3. The zero-order valence-corrected chi connectivity index (χ0v) is 22.2. The first-order valence-electron chi connectivity index (χ1n) is 12.9. The Morgan fingerprint density at radius 2 is 1.42 bits per heavy atom. The molecule has 31 heavy (non-hydrogen) atoms. The smallest absolute Gasteiger partial charge is 0.118 e. The van der Waals surface area contributed by atoms with Crippen molar-refractivity contribution < 1.29 is 9.47 Å². The number of benzene rings is 1. The van der Waals surface area contributed by atoms with Crippen LogP contribution in [0.1, 0.15) is 91.0 Å². The minimum absolute atomic E-state index is 0.689. The molecule has 178 valence electrons. The van der Waals surface area contributed by atoms with E-state index in [0.717, 1.165) is 25.2 Å². The highest BCUT2D eigenvalue weighted by Crippen LogP contribution is 2.62. The SMILES string of the molecule is CCCC[P+](CCCC)(CCCC)C/C(=C\CCCOCc1ccc(OC)cc1)CC. The van der Waals surface area contributed by atoms with Gasteiger partial charge in [-0.15, -0.1) is 0 Å². The molecular weight excluding hydrogens is 399 g/mol. The largest absolute Gasteiger partial charge is 0.497 e. The van der Waals surface area contributed by atoms with Gasteiger partial charge in [0.25, 0.3) is 0 Å². The van der Waals surface area contributed by atoms with Gasteiger partial charge in [0.1, 0.15) is 5.75 Å². The Balaban J connectivity index is 2.54. The van der Waals surface area contributed by atoms with Gasteiger partial charge in [0.15, 0.2) is 0 Å². The summed E-state index contributed by atoms with van der Waals surface area (Å²) in [5.74, 6) is 0.900. The summed E-state index contributed by atoms with van der Waals surface area (Å²) in [6, 6.07) is 8.17. The molecule has 0 aliphatic rings. The number of allylic oxidation sites excluding steroid dienone is 2. The molecule has 0 spiro atoms. The molecule has 1 rings (SSSR count). The molecule has 0 fully saturated rings. The van der Waals surface area contributed by atoms with Gasteiger partial charge < -0.3 is 9.47 Å². The van der Waals surface area contributed by atoms with Crippen molar-refractivity contribution in [1.82, 2.24) is 0 Å². The maximum atomic E-state index is 5.91. The summed E-state index contributed by atoms with van der Waals surface area (Å²) in [4.78, 5) is 0. The molecule has 1 aromatic carbocycles. The Morgan fingerprint density at radius 1 is 0.839 bits per heavy atom. The van der Waals surface area contributed by atoms with Crippen LogP contribution in [0.2, 0.25) is 0 Å². The number of unbranched alkanes of at least 4 members (excludes halogenated alkanes) is 4. The Labute approximate surface area is 194 Å². The maximum absolute atomic E-state index is 5.91. The first kappa shape index (κ1) is 28.2. The van der Waals surface area contributed by atoms with Crippen LogP contribution < -0.4 is 4.74 Å². The zero-order chi connectivity index (χ0) is 22.8. The molecule has 0 saturated heterocycles. The predicted molar refractivity (Wildman–Crippen MR) is 141 cm³/mol. The highest BCUT2D eigenvalue weighted by Gasteiger charge is 2.35. The van der Waals surface area contributed by atoms with Crippen molar-refractivity contribution in [3.8, 4) is 5.75 Å². The molecule has 0 aromatic heterocycles. The van der Waals surface area contributed by atoms with Crippen LogP contribution in [-0.4, -0.2) is 38.4 Å². The minimum Gasteiger partial charge on any atom is -0.497 e. The van der Waals surface area contributed by atoms with Crippen LogP contribution in [0, 0.1) is 0 Å². The van der Waals surface area contributed by atoms with Crippen molar-refractivity contribution >= 4 is 7.26 Å². The Morgan fingerprint density at radius 3 is 1.90 bits per heavy atom. The van der Waals surface area contributed by atoms with E-state index in [-0.39, 0.29) is 0 Å². The van der Waals surface area contributed by atoms with Crippen molar-refractivity contribution in [1.29, 1.82) is 0 Å². The van der Waals surface area contributed by atoms with E-state index in [1.807, 2.05) is 12.1 Å². The lowest BCUT2D eigenvalue weighted by Gasteiger charge is -2.29. The first-order chi connectivity index (χ1) is 15.1. The van der Waals surface area contributed by atoms with Gasteiger partial charge in [-0.05, 0) is 61.8 Å². The standard InChI is InChI=1S/C28H50O2P/c1-6-10-21-31(22-11-7-2,23-12-8-3)25-26(9-4)15-13-14-20-30-24-27-16-18-28(29-5)19-17-27/h15-19H,6-14,20-25H2,1-5H3/q+1/b26-15-. The molecule has 0 heterocycles. The van der Waals surface area contributed by atoms with Crippen molar-refractivity contribution in [2.45, 2.75) is 92.1 Å². The third-order valence-electron chi connectivity index (χ3n) is 6.30. The highest BCUT2D eigenvalue weighted by atomic mass is 31.2. The summed E-state index contributed by atoms with van der Waals surface area (Å²) in [5.41, 5.74) is 2.94. The van der Waals surface area contributed by atoms with Gasteiger partial charge in [-0.1, -0.05) is 65.2 Å². The average Bonchev–Trinajstić information content (AvgIpc) is 2.81. The molecule has 0 unspecified atom stereocenters. The summed E-state index contributed by atoms with van der Waals surface area (Å²) in [5, 5.41) is 0. The van der Waals surface area contributed by atoms with Crippen LogP contribution in [-0.2, 0) is 11.3 Å². The van der Waals surface area contributed by atoms with E-state index in [1.54, 1.807) is 12.7 Å². The molecular formula is C28H50O2P+. The number of methoxy groups -OCH3 is 1. The van der Waals surface area contributed by atoms with Crippen molar-refractivity contribution in [2.24, 2.45) is 0 Å². The van der Waals surface area contributed by atoms with E-state index in [0.29, 0.717) is 6.61 Å². The molecule has 0 radical (unpaired) electrons. The van der Waals surface area contributed by atoms with Crippen LogP contribution in [0.15, 0.2) is 35.9 Å². The monoisotopic (exact) mass is 449 g/mol.